The largest absolute Gasteiger partial charge is 0.396 e. The minimum atomic E-state index is 0.551. The normalized spacial score (nSPS) is 16.5. The Bertz CT molecular complexity index is 607. The Morgan fingerprint density at radius 3 is 2.65 bits per heavy atom. The molecule has 0 radical (unpaired) electrons. The molecule has 1 aromatic heterocycles. The van der Waals surface area contributed by atoms with Crippen molar-refractivity contribution in [2.24, 2.45) is 0 Å². The van der Waals surface area contributed by atoms with Gasteiger partial charge >= 0.3 is 0 Å². The molecule has 106 valence electrons. The Morgan fingerprint density at radius 1 is 1.15 bits per heavy atom. The Kier molecular flexibility index (Phi) is 3.51. The van der Waals surface area contributed by atoms with Crippen molar-refractivity contribution in [2.45, 2.75) is 51.9 Å². The molecule has 0 spiro atoms. The number of rotatable bonds is 2. The molecule has 0 aliphatic heterocycles. The minimum Gasteiger partial charge on any atom is -0.396 e. The Morgan fingerprint density at radius 2 is 1.90 bits per heavy atom. The van der Waals surface area contributed by atoms with Gasteiger partial charge in [0, 0.05) is 5.92 Å². The monoisotopic (exact) mass is 269 g/mol. The van der Waals surface area contributed by atoms with E-state index in [4.69, 9.17) is 10.8 Å². The molecule has 3 rings (SSSR count). The smallest absolute Gasteiger partial charge is 0.0889 e. The zero-order chi connectivity index (χ0) is 14.1. The lowest BCUT2D eigenvalue weighted by Crippen LogP contribution is -2.08. The van der Waals surface area contributed by atoms with E-state index >= 15 is 0 Å². The Labute approximate surface area is 120 Å². The van der Waals surface area contributed by atoms with Gasteiger partial charge in [-0.25, -0.2) is 4.68 Å². The molecule has 1 heterocycles. The van der Waals surface area contributed by atoms with Gasteiger partial charge in [0.05, 0.1) is 23.3 Å². The van der Waals surface area contributed by atoms with Crippen LogP contribution >= 0.6 is 0 Å². The van der Waals surface area contributed by atoms with Crippen LogP contribution < -0.4 is 5.73 Å². The first-order valence-electron chi connectivity index (χ1n) is 7.58. The predicted molar refractivity (Wildman–Crippen MR) is 83.3 cm³/mol. The quantitative estimate of drug-likeness (QED) is 0.891. The summed E-state index contributed by atoms with van der Waals surface area (Å²) in [5, 5.41) is 4.80. The van der Waals surface area contributed by atoms with E-state index in [-0.39, 0.29) is 0 Å². The fraction of sp³-hybridized carbons (Fsp3) is 0.471. The van der Waals surface area contributed by atoms with Gasteiger partial charge in [-0.3, -0.25) is 0 Å². The lowest BCUT2D eigenvalue weighted by Gasteiger charge is -2.20. The lowest BCUT2D eigenvalue weighted by atomic mass is 9.86. The van der Waals surface area contributed by atoms with E-state index in [0.29, 0.717) is 5.92 Å². The van der Waals surface area contributed by atoms with Crippen LogP contribution in [0.5, 0.6) is 0 Å². The highest BCUT2D eigenvalue weighted by Crippen LogP contribution is 2.35. The summed E-state index contributed by atoms with van der Waals surface area (Å²) in [7, 11) is 0. The third-order valence-corrected chi connectivity index (χ3v) is 4.38. The molecular formula is C17H23N3. The number of hydrogen-bond acceptors (Lipinski definition) is 2. The summed E-state index contributed by atoms with van der Waals surface area (Å²) in [5.41, 5.74) is 11.8. The number of benzene rings is 1. The number of anilines is 1. The molecule has 1 saturated carbocycles. The first-order valence-corrected chi connectivity index (χ1v) is 7.58. The van der Waals surface area contributed by atoms with Crippen molar-refractivity contribution in [1.29, 1.82) is 0 Å². The van der Waals surface area contributed by atoms with Crippen LogP contribution in [0, 0.1) is 13.8 Å². The topological polar surface area (TPSA) is 43.8 Å². The molecule has 1 aliphatic carbocycles. The molecule has 1 aromatic carbocycles. The Balaban J connectivity index is 1.97. The second-order valence-electron chi connectivity index (χ2n) is 6.04. The number of hydrogen-bond donors (Lipinski definition) is 1. The zero-order valence-electron chi connectivity index (χ0n) is 12.4. The fourth-order valence-corrected chi connectivity index (χ4v) is 3.18. The maximum Gasteiger partial charge on any atom is 0.0889 e. The highest BCUT2D eigenvalue weighted by atomic mass is 15.3. The van der Waals surface area contributed by atoms with Crippen molar-refractivity contribution in [3.63, 3.8) is 0 Å². The van der Waals surface area contributed by atoms with E-state index in [2.05, 4.69) is 32.0 Å². The van der Waals surface area contributed by atoms with Gasteiger partial charge in [-0.2, -0.15) is 5.10 Å². The highest BCUT2D eigenvalue weighted by molar-refractivity contribution is 5.49. The summed E-state index contributed by atoms with van der Waals surface area (Å²) in [6.45, 7) is 4.23. The predicted octanol–water partition coefficient (Wildman–Crippen LogP) is 4.12. The fourth-order valence-electron chi connectivity index (χ4n) is 3.18. The summed E-state index contributed by atoms with van der Waals surface area (Å²) >= 11 is 0. The van der Waals surface area contributed by atoms with E-state index in [1.165, 1.54) is 43.2 Å². The molecule has 0 unspecified atom stereocenters. The van der Waals surface area contributed by atoms with Crippen LogP contribution in [-0.4, -0.2) is 9.78 Å². The lowest BCUT2D eigenvalue weighted by molar-refractivity contribution is 0.435. The molecule has 1 aliphatic rings. The Hall–Kier alpha value is -1.77. The van der Waals surface area contributed by atoms with E-state index in [0.717, 1.165) is 17.1 Å². The first kappa shape index (κ1) is 13.2. The van der Waals surface area contributed by atoms with Gasteiger partial charge in [0.15, 0.2) is 0 Å². The van der Waals surface area contributed by atoms with Crippen LogP contribution in [0.15, 0.2) is 24.4 Å². The van der Waals surface area contributed by atoms with Crippen molar-refractivity contribution in [3.8, 4) is 5.69 Å². The molecule has 0 amide bonds. The van der Waals surface area contributed by atoms with Crippen molar-refractivity contribution in [1.82, 2.24) is 9.78 Å². The molecule has 20 heavy (non-hydrogen) atoms. The number of aryl methyl sites for hydroxylation is 2. The molecule has 3 nitrogen and oxygen atoms in total. The highest BCUT2D eigenvalue weighted by Gasteiger charge is 2.21. The molecule has 3 heteroatoms. The van der Waals surface area contributed by atoms with Crippen molar-refractivity contribution in [3.05, 3.63) is 41.2 Å². The summed E-state index contributed by atoms with van der Waals surface area (Å²) in [6.07, 6.45) is 8.41. The van der Waals surface area contributed by atoms with Gasteiger partial charge in [0.25, 0.3) is 0 Å². The molecule has 0 saturated heterocycles. The van der Waals surface area contributed by atoms with Crippen LogP contribution in [0.3, 0.4) is 0 Å². The van der Waals surface area contributed by atoms with Crippen LogP contribution in [0.4, 0.5) is 5.69 Å². The molecule has 2 aromatic rings. The standard InChI is InChI=1S/C17H23N3/c1-12-8-9-13(2)16(10-12)20-11-15(18)17(19-20)14-6-4-3-5-7-14/h8-11,14H,3-7,18H2,1-2H3. The van der Waals surface area contributed by atoms with Crippen molar-refractivity contribution < 1.29 is 0 Å². The summed E-state index contributed by atoms with van der Waals surface area (Å²) < 4.78 is 1.96. The van der Waals surface area contributed by atoms with Crippen molar-refractivity contribution in [2.75, 3.05) is 5.73 Å². The molecular weight excluding hydrogens is 246 g/mol. The van der Waals surface area contributed by atoms with Gasteiger partial charge in [0.1, 0.15) is 0 Å². The van der Waals surface area contributed by atoms with E-state index in [1.54, 1.807) is 0 Å². The summed E-state index contributed by atoms with van der Waals surface area (Å²) in [4.78, 5) is 0. The van der Waals surface area contributed by atoms with E-state index in [1.807, 2.05) is 10.9 Å². The SMILES string of the molecule is Cc1ccc(C)c(-n2cc(N)c(C3CCCCC3)n2)c1. The van der Waals surface area contributed by atoms with Gasteiger partial charge in [0.2, 0.25) is 0 Å². The van der Waals surface area contributed by atoms with Crippen LogP contribution in [0.25, 0.3) is 5.69 Å². The number of aromatic nitrogens is 2. The van der Waals surface area contributed by atoms with Crippen LogP contribution in [0.2, 0.25) is 0 Å². The number of nitrogen functional groups attached to an aromatic ring is 1. The third-order valence-electron chi connectivity index (χ3n) is 4.38. The molecule has 1 fully saturated rings. The third kappa shape index (κ3) is 2.45. The summed E-state index contributed by atoms with van der Waals surface area (Å²) in [5.74, 6) is 0.551. The second-order valence-corrected chi connectivity index (χ2v) is 6.04. The average Bonchev–Trinajstić information content (AvgIpc) is 2.84. The maximum atomic E-state index is 6.21. The zero-order valence-corrected chi connectivity index (χ0v) is 12.4. The molecule has 2 N–H and O–H groups in total. The average molecular weight is 269 g/mol. The van der Waals surface area contributed by atoms with Gasteiger partial charge in [-0.05, 0) is 43.9 Å². The van der Waals surface area contributed by atoms with Crippen molar-refractivity contribution >= 4 is 5.69 Å². The number of nitrogens with zero attached hydrogens (tertiary/aromatic N) is 2. The van der Waals surface area contributed by atoms with Gasteiger partial charge < -0.3 is 5.73 Å². The van der Waals surface area contributed by atoms with Crippen LogP contribution in [-0.2, 0) is 0 Å². The van der Waals surface area contributed by atoms with Gasteiger partial charge in [-0.15, -0.1) is 0 Å². The minimum absolute atomic E-state index is 0.551. The van der Waals surface area contributed by atoms with E-state index in [9.17, 15) is 0 Å². The van der Waals surface area contributed by atoms with E-state index < -0.39 is 0 Å². The molecule has 0 atom stereocenters. The molecule has 0 bridgehead atoms. The maximum absolute atomic E-state index is 6.21. The number of nitrogens with two attached hydrogens (primary N) is 1. The second kappa shape index (κ2) is 5.31. The summed E-state index contributed by atoms with van der Waals surface area (Å²) in [6, 6.07) is 6.45. The van der Waals surface area contributed by atoms with Gasteiger partial charge in [-0.1, -0.05) is 31.4 Å². The first-order chi connectivity index (χ1) is 9.65. The van der Waals surface area contributed by atoms with Crippen LogP contribution in [0.1, 0.15) is 54.8 Å².